The van der Waals surface area contributed by atoms with Crippen LogP contribution >= 0.6 is 12.4 Å². The molecule has 2 heterocycles. The first-order chi connectivity index (χ1) is 11.7. The molecule has 6 nitrogen and oxygen atoms in total. The fourth-order valence-electron chi connectivity index (χ4n) is 3.23. The molecule has 7 heteroatoms. The molecule has 0 radical (unpaired) electrons. The van der Waals surface area contributed by atoms with Crippen molar-refractivity contribution in [1.82, 2.24) is 20.4 Å². The van der Waals surface area contributed by atoms with E-state index in [0.29, 0.717) is 0 Å². The molecule has 1 aliphatic heterocycles. The molecule has 1 fully saturated rings. The van der Waals surface area contributed by atoms with Crippen LogP contribution in [0.25, 0.3) is 0 Å². The minimum atomic E-state index is -0.616. The molecule has 1 atom stereocenters. The summed E-state index contributed by atoms with van der Waals surface area (Å²) in [6.45, 7) is 3.62. The largest absolute Gasteiger partial charge is 0.497 e. The summed E-state index contributed by atoms with van der Waals surface area (Å²) in [7, 11) is 1.64. The Kier molecular flexibility index (Phi) is 6.45. The van der Waals surface area contributed by atoms with Crippen LogP contribution in [-0.4, -0.2) is 35.9 Å². The SMILES string of the molecule is COc1ccc(C(C)NC(=O)C2(n3cccn3)CCNCC2)cc1.Cl. The van der Waals surface area contributed by atoms with Crippen LogP contribution in [0.4, 0.5) is 0 Å². The highest BCUT2D eigenvalue weighted by Crippen LogP contribution is 2.28. The van der Waals surface area contributed by atoms with E-state index < -0.39 is 5.54 Å². The summed E-state index contributed by atoms with van der Waals surface area (Å²) in [5.74, 6) is 0.833. The number of rotatable bonds is 5. The number of halogens is 1. The van der Waals surface area contributed by atoms with Crippen molar-refractivity contribution in [2.75, 3.05) is 20.2 Å². The lowest BCUT2D eigenvalue weighted by atomic mass is 9.87. The molecule has 1 aromatic heterocycles. The Hall–Kier alpha value is -2.05. The number of aromatic nitrogens is 2. The first-order valence-electron chi connectivity index (χ1n) is 8.31. The molecule has 136 valence electrons. The van der Waals surface area contributed by atoms with Gasteiger partial charge in [0.15, 0.2) is 0 Å². The van der Waals surface area contributed by atoms with Gasteiger partial charge in [-0.05, 0) is 56.6 Å². The van der Waals surface area contributed by atoms with E-state index in [4.69, 9.17) is 4.74 Å². The molecule has 1 saturated heterocycles. The molecular weight excluding hydrogens is 340 g/mol. The maximum Gasteiger partial charge on any atom is 0.248 e. The van der Waals surface area contributed by atoms with Crippen molar-refractivity contribution in [3.05, 3.63) is 48.3 Å². The Balaban J connectivity index is 0.00000225. The molecule has 0 aliphatic carbocycles. The zero-order valence-corrected chi connectivity index (χ0v) is 15.4. The highest BCUT2D eigenvalue weighted by atomic mass is 35.5. The predicted molar refractivity (Wildman–Crippen MR) is 99.1 cm³/mol. The van der Waals surface area contributed by atoms with Gasteiger partial charge in [-0.2, -0.15) is 5.10 Å². The summed E-state index contributed by atoms with van der Waals surface area (Å²) in [6.07, 6.45) is 5.07. The minimum Gasteiger partial charge on any atom is -0.497 e. The van der Waals surface area contributed by atoms with Crippen LogP contribution in [0.2, 0.25) is 0 Å². The Morgan fingerprint density at radius 1 is 1.32 bits per heavy atom. The maximum atomic E-state index is 13.1. The van der Waals surface area contributed by atoms with Crippen LogP contribution in [0, 0.1) is 0 Å². The second kappa shape index (κ2) is 8.36. The van der Waals surface area contributed by atoms with Gasteiger partial charge < -0.3 is 15.4 Å². The topological polar surface area (TPSA) is 68.2 Å². The Bertz CT molecular complexity index is 667. The normalized spacial score (nSPS) is 17.2. The number of carbonyl (C=O) groups is 1. The smallest absolute Gasteiger partial charge is 0.248 e. The molecule has 0 spiro atoms. The Morgan fingerprint density at radius 2 is 2.00 bits per heavy atom. The van der Waals surface area contributed by atoms with Crippen molar-refractivity contribution >= 4 is 18.3 Å². The van der Waals surface area contributed by atoms with Crippen LogP contribution in [0.1, 0.15) is 31.4 Å². The number of hydrogen-bond acceptors (Lipinski definition) is 4. The number of methoxy groups -OCH3 is 1. The number of ether oxygens (including phenoxy) is 1. The van der Waals surface area contributed by atoms with Gasteiger partial charge in [-0.3, -0.25) is 9.48 Å². The van der Waals surface area contributed by atoms with Crippen molar-refractivity contribution in [2.24, 2.45) is 0 Å². The zero-order chi connectivity index (χ0) is 17.0. The third kappa shape index (κ3) is 3.96. The van der Waals surface area contributed by atoms with E-state index in [1.54, 1.807) is 13.3 Å². The lowest BCUT2D eigenvalue weighted by Crippen LogP contribution is -2.55. The van der Waals surface area contributed by atoms with Gasteiger partial charge in [-0.15, -0.1) is 12.4 Å². The predicted octanol–water partition coefficient (Wildman–Crippen LogP) is 2.27. The Labute approximate surface area is 154 Å². The van der Waals surface area contributed by atoms with Gasteiger partial charge in [-0.25, -0.2) is 0 Å². The minimum absolute atomic E-state index is 0. The summed E-state index contributed by atoms with van der Waals surface area (Å²) in [5, 5.41) is 10.8. The Morgan fingerprint density at radius 3 is 2.56 bits per heavy atom. The third-order valence-electron chi connectivity index (χ3n) is 4.76. The summed E-state index contributed by atoms with van der Waals surface area (Å²) in [4.78, 5) is 13.1. The summed E-state index contributed by atoms with van der Waals surface area (Å²) < 4.78 is 6.99. The highest BCUT2D eigenvalue weighted by molar-refractivity contribution is 5.85. The maximum absolute atomic E-state index is 13.1. The van der Waals surface area contributed by atoms with Crippen LogP contribution in [0.15, 0.2) is 42.7 Å². The fraction of sp³-hybridized carbons (Fsp3) is 0.444. The lowest BCUT2D eigenvalue weighted by Gasteiger charge is -2.37. The van der Waals surface area contributed by atoms with E-state index in [2.05, 4.69) is 15.7 Å². The van der Waals surface area contributed by atoms with Crippen LogP contribution in [0.3, 0.4) is 0 Å². The molecule has 1 amide bonds. The number of benzene rings is 1. The van der Waals surface area contributed by atoms with E-state index in [9.17, 15) is 4.79 Å². The second-order valence-corrected chi connectivity index (χ2v) is 6.20. The zero-order valence-electron chi connectivity index (χ0n) is 14.6. The lowest BCUT2D eigenvalue weighted by molar-refractivity contribution is -0.132. The fourth-order valence-corrected chi connectivity index (χ4v) is 3.23. The van der Waals surface area contributed by atoms with Crippen LogP contribution in [-0.2, 0) is 10.3 Å². The number of amides is 1. The number of nitrogens with zero attached hydrogens (tertiary/aromatic N) is 2. The summed E-state index contributed by atoms with van der Waals surface area (Å²) in [6, 6.07) is 9.56. The van der Waals surface area contributed by atoms with Crippen LogP contribution < -0.4 is 15.4 Å². The van der Waals surface area contributed by atoms with E-state index >= 15 is 0 Å². The molecule has 3 rings (SSSR count). The van der Waals surface area contributed by atoms with E-state index in [0.717, 1.165) is 37.2 Å². The summed E-state index contributed by atoms with van der Waals surface area (Å²) >= 11 is 0. The van der Waals surface area contributed by atoms with Crippen LogP contribution in [0.5, 0.6) is 5.75 Å². The molecule has 2 aromatic rings. The van der Waals surface area contributed by atoms with Gasteiger partial charge in [0.2, 0.25) is 5.91 Å². The van der Waals surface area contributed by atoms with Crippen molar-refractivity contribution < 1.29 is 9.53 Å². The number of hydrogen-bond donors (Lipinski definition) is 2. The van der Waals surface area contributed by atoms with Crippen molar-refractivity contribution in [3.8, 4) is 5.75 Å². The van der Waals surface area contributed by atoms with Crippen molar-refractivity contribution in [1.29, 1.82) is 0 Å². The summed E-state index contributed by atoms with van der Waals surface area (Å²) in [5.41, 5.74) is 0.434. The third-order valence-corrected chi connectivity index (χ3v) is 4.76. The van der Waals surface area contributed by atoms with Gasteiger partial charge in [0.05, 0.1) is 13.2 Å². The van der Waals surface area contributed by atoms with E-state index in [-0.39, 0.29) is 24.4 Å². The molecule has 2 N–H and O–H groups in total. The van der Waals surface area contributed by atoms with Crippen molar-refractivity contribution in [3.63, 3.8) is 0 Å². The van der Waals surface area contributed by atoms with E-state index in [1.165, 1.54) is 0 Å². The average Bonchev–Trinajstić information content (AvgIpc) is 3.17. The molecule has 0 saturated carbocycles. The first kappa shape index (κ1) is 19.3. The van der Waals surface area contributed by atoms with Gasteiger partial charge in [-0.1, -0.05) is 12.1 Å². The van der Waals surface area contributed by atoms with Gasteiger partial charge >= 0.3 is 0 Å². The molecule has 1 aromatic carbocycles. The van der Waals surface area contributed by atoms with Gasteiger partial charge in [0, 0.05) is 12.4 Å². The second-order valence-electron chi connectivity index (χ2n) is 6.20. The monoisotopic (exact) mass is 364 g/mol. The number of nitrogens with one attached hydrogen (secondary N) is 2. The highest BCUT2D eigenvalue weighted by Gasteiger charge is 2.42. The quantitative estimate of drug-likeness (QED) is 0.854. The molecular formula is C18H25ClN4O2. The number of piperidine rings is 1. The van der Waals surface area contributed by atoms with Crippen molar-refractivity contribution in [2.45, 2.75) is 31.3 Å². The van der Waals surface area contributed by atoms with Gasteiger partial charge in [0.1, 0.15) is 11.3 Å². The molecule has 25 heavy (non-hydrogen) atoms. The molecule has 0 bridgehead atoms. The molecule has 1 aliphatic rings. The standard InChI is InChI=1S/C18H24N4O2.ClH/c1-14(15-4-6-16(24-2)7-5-15)21-17(23)18(8-11-19-12-9-18)22-13-3-10-20-22;/h3-7,10,13-14,19H,8-9,11-12H2,1-2H3,(H,21,23);1H. The average molecular weight is 365 g/mol. The first-order valence-corrected chi connectivity index (χ1v) is 8.31. The van der Waals surface area contributed by atoms with E-state index in [1.807, 2.05) is 48.1 Å². The number of carbonyl (C=O) groups excluding carboxylic acids is 1. The van der Waals surface area contributed by atoms with Gasteiger partial charge in [0.25, 0.3) is 0 Å². The molecule has 1 unspecified atom stereocenters.